The zero-order chi connectivity index (χ0) is 29.5. The minimum atomic E-state index is -4.75. The van der Waals surface area contributed by atoms with Crippen LogP contribution in [0.4, 0.5) is 0 Å². The highest BCUT2D eigenvalue weighted by atomic mass is 32.2. The van der Waals surface area contributed by atoms with Crippen LogP contribution in [0.25, 0.3) is 10.8 Å². The summed E-state index contributed by atoms with van der Waals surface area (Å²) >= 11 is 0. The van der Waals surface area contributed by atoms with Crippen LogP contribution in [-0.4, -0.2) is 50.3 Å². The number of hydrogen-bond donors (Lipinski definition) is 1. The van der Waals surface area contributed by atoms with Gasteiger partial charge in [-0.25, -0.2) is 9.59 Å². The Morgan fingerprint density at radius 3 is 1.82 bits per heavy atom. The van der Waals surface area contributed by atoms with Gasteiger partial charge in [-0.1, -0.05) is 77.0 Å². The Kier molecular flexibility index (Phi) is 13.7. The van der Waals surface area contributed by atoms with Gasteiger partial charge < -0.3 is 18.9 Å². The summed E-state index contributed by atoms with van der Waals surface area (Å²) < 4.78 is 57.8. The lowest BCUT2D eigenvalue weighted by atomic mass is 10.1. The van der Waals surface area contributed by atoms with Crippen molar-refractivity contribution < 1.29 is 41.5 Å². The van der Waals surface area contributed by atoms with Crippen LogP contribution in [0.2, 0.25) is 0 Å². The summed E-state index contributed by atoms with van der Waals surface area (Å²) in [6, 6.07) is 8.01. The number of rotatable bonds is 19. The molecule has 0 aromatic heterocycles. The Labute approximate surface area is 236 Å². The van der Waals surface area contributed by atoms with Crippen LogP contribution in [0.15, 0.2) is 60.5 Å². The van der Waals surface area contributed by atoms with Crippen LogP contribution in [0.3, 0.4) is 0 Å². The first-order valence-electron chi connectivity index (χ1n) is 13.6. The van der Waals surface area contributed by atoms with Gasteiger partial charge in [0.15, 0.2) is 0 Å². The summed E-state index contributed by atoms with van der Waals surface area (Å²) in [6.07, 6.45) is 7.39. The summed E-state index contributed by atoms with van der Waals surface area (Å²) in [5.41, 5.74) is 0. The molecule has 0 heterocycles. The molecule has 0 radical (unpaired) electrons. The average Bonchev–Trinajstić information content (AvgIpc) is 2.93. The van der Waals surface area contributed by atoms with E-state index < -0.39 is 39.2 Å². The fourth-order valence-electron chi connectivity index (χ4n) is 4.13. The Balaban J connectivity index is 2.42. The van der Waals surface area contributed by atoms with E-state index in [0.29, 0.717) is 23.6 Å². The molecule has 2 aromatic rings. The Morgan fingerprint density at radius 2 is 1.35 bits per heavy atom. The van der Waals surface area contributed by atoms with Gasteiger partial charge in [-0.3, -0.25) is 4.55 Å². The summed E-state index contributed by atoms with van der Waals surface area (Å²) in [5.74, 6) is -1.11. The third-order valence-corrected chi connectivity index (χ3v) is 7.06. The van der Waals surface area contributed by atoms with Crippen LogP contribution >= 0.6 is 0 Å². The molecule has 0 aliphatic carbocycles. The minimum absolute atomic E-state index is 0.0323. The van der Waals surface area contributed by atoms with E-state index in [-0.39, 0.29) is 24.7 Å². The third-order valence-electron chi connectivity index (χ3n) is 6.20. The lowest BCUT2D eigenvalue weighted by Gasteiger charge is -2.22. The fraction of sp³-hybridized carbons (Fsp3) is 0.467. The molecule has 1 N–H and O–H groups in total. The van der Waals surface area contributed by atoms with Gasteiger partial charge in [0.25, 0.3) is 10.1 Å². The van der Waals surface area contributed by atoms with Gasteiger partial charge in [0.1, 0.15) is 41.8 Å². The summed E-state index contributed by atoms with van der Waals surface area (Å²) in [4.78, 5) is 23.2. The van der Waals surface area contributed by atoms with Crippen LogP contribution in [0.1, 0.15) is 65.2 Å². The standard InChI is InChI=1S/C30H40O9S/c1-5-9-11-15-22(38-28(31)7-3)20-36-26-19-27(40(33,34)35)30(25-18-14-13-17-24(25)26)37-21-23(16-12-10-6-2)39-29(32)8-4/h7-8,13-14,17-19,22-23H,3-6,9-12,15-16,20-21H2,1-2H3,(H,33,34,35). The zero-order valence-electron chi connectivity index (χ0n) is 23.3. The quantitative estimate of drug-likeness (QED) is 0.0900. The summed E-state index contributed by atoms with van der Waals surface area (Å²) in [7, 11) is -4.75. The molecule has 0 aliphatic heterocycles. The molecule has 10 heteroatoms. The molecule has 220 valence electrons. The van der Waals surface area contributed by atoms with Gasteiger partial charge >= 0.3 is 11.9 Å². The number of carbonyl (C=O) groups excluding carboxylic acids is 2. The highest BCUT2D eigenvalue weighted by molar-refractivity contribution is 7.86. The smallest absolute Gasteiger partial charge is 0.330 e. The first-order valence-corrected chi connectivity index (χ1v) is 15.0. The number of fused-ring (bicyclic) bond motifs is 1. The number of carbonyl (C=O) groups is 2. The zero-order valence-corrected chi connectivity index (χ0v) is 24.1. The maximum absolute atomic E-state index is 12.5. The number of esters is 2. The largest absolute Gasteiger partial charge is 0.489 e. The van der Waals surface area contributed by atoms with Crippen molar-refractivity contribution in [3.63, 3.8) is 0 Å². The number of ether oxygens (including phenoxy) is 4. The molecule has 2 aromatic carbocycles. The molecule has 2 rings (SSSR count). The predicted molar refractivity (Wildman–Crippen MR) is 153 cm³/mol. The predicted octanol–water partition coefficient (Wildman–Crippen LogP) is 6.20. The molecule has 0 aliphatic rings. The summed E-state index contributed by atoms with van der Waals surface area (Å²) in [5, 5.41) is 0.901. The van der Waals surface area contributed by atoms with E-state index in [1.807, 2.05) is 6.92 Å². The van der Waals surface area contributed by atoms with E-state index in [2.05, 4.69) is 20.1 Å². The molecule has 0 fully saturated rings. The van der Waals surface area contributed by atoms with Crippen molar-refractivity contribution in [1.82, 2.24) is 0 Å². The lowest BCUT2D eigenvalue weighted by Crippen LogP contribution is -2.25. The van der Waals surface area contributed by atoms with Gasteiger partial charge in [0.05, 0.1) is 0 Å². The van der Waals surface area contributed by atoms with E-state index in [0.717, 1.165) is 50.7 Å². The normalized spacial score (nSPS) is 12.8. The summed E-state index contributed by atoms with van der Waals surface area (Å²) in [6.45, 7) is 10.8. The molecule has 0 saturated heterocycles. The molecule has 0 spiro atoms. The van der Waals surface area contributed by atoms with Crippen molar-refractivity contribution in [2.24, 2.45) is 0 Å². The lowest BCUT2D eigenvalue weighted by molar-refractivity contribution is -0.145. The first-order chi connectivity index (χ1) is 19.1. The van der Waals surface area contributed by atoms with E-state index in [9.17, 15) is 22.6 Å². The van der Waals surface area contributed by atoms with Crippen molar-refractivity contribution in [2.45, 2.75) is 82.3 Å². The molecular formula is C30H40O9S. The van der Waals surface area contributed by atoms with E-state index in [1.165, 1.54) is 6.07 Å². The van der Waals surface area contributed by atoms with Crippen molar-refractivity contribution in [3.05, 3.63) is 55.6 Å². The maximum atomic E-state index is 12.5. The molecule has 2 atom stereocenters. The second kappa shape index (κ2) is 16.7. The van der Waals surface area contributed by atoms with Crippen molar-refractivity contribution in [2.75, 3.05) is 13.2 Å². The molecular weight excluding hydrogens is 536 g/mol. The van der Waals surface area contributed by atoms with Crippen LogP contribution in [0.5, 0.6) is 11.5 Å². The number of unbranched alkanes of at least 4 members (excludes halogenated alkanes) is 4. The van der Waals surface area contributed by atoms with Crippen molar-refractivity contribution in [1.29, 1.82) is 0 Å². The van der Waals surface area contributed by atoms with Gasteiger partial charge in [0, 0.05) is 29.0 Å². The number of hydrogen-bond acceptors (Lipinski definition) is 8. The molecule has 0 saturated carbocycles. The molecule has 0 amide bonds. The van der Waals surface area contributed by atoms with E-state index >= 15 is 0 Å². The first kappa shape index (κ1) is 32.8. The second-order valence-corrected chi connectivity index (χ2v) is 10.8. The van der Waals surface area contributed by atoms with E-state index in [4.69, 9.17) is 18.9 Å². The minimum Gasteiger partial charge on any atom is -0.489 e. The fourth-order valence-corrected chi connectivity index (χ4v) is 4.79. The van der Waals surface area contributed by atoms with Crippen LogP contribution in [0, 0.1) is 0 Å². The van der Waals surface area contributed by atoms with Crippen molar-refractivity contribution >= 4 is 32.8 Å². The highest BCUT2D eigenvalue weighted by Gasteiger charge is 2.25. The van der Waals surface area contributed by atoms with E-state index in [1.54, 1.807) is 24.3 Å². The molecule has 2 unspecified atom stereocenters. The van der Waals surface area contributed by atoms with Gasteiger partial charge in [-0.15, -0.1) is 0 Å². The Morgan fingerprint density at radius 1 is 0.850 bits per heavy atom. The molecule has 40 heavy (non-hydrogen) atoms. The van der Waals surface area contributed by atoms with Crippen molar-refractivity contribution in [3.8, 4) is 11.5 Å². The van der Waals surface area contributed by atoms with Gasteiger partial charge in [-0.05, 0) is 25.7 Å². The van der Waals surface area contributed by atoms with Gasteiger partial charge in [-0.2, -0.15) is 8.42 Å². The SMILES string of the molecule is C=CC(=O)OC(CCCCC)COc1cc(S(=O)(=O)O)c(OCC(CCCCC)OC(=O)C=C)c2ccccc12. The third kappa shape index (κ3) is 10.3. The van der Waals surface area contributed by atoms with Gasteiger partial charge in [0.2, 0.25) is 0 Å². The second-order valence-electron chi connectivity index (χ2n) is 9.36. The monoisotopic (exact) mass is 576 g/mol. The highest BCUT2D eigenvalue weighted by Crippen LogP contribution is 2.39. The Hall–Kier alpha value is -3.37. The average molecular weight is 577 g/mol. The molecule has 9 nitrogen and oxygen atoms in total. The molecule has 0 bridgehead atoms. The van der Waals surface area contributed by atoms with Crippen LogP contribution in [-0.2, 0) is 29.2 Å². The Bertz CT molecular complexity index is 1250. The van der Waals surface area contributed by atoms with Crippen LogP contribution < -0.4 is 9.47 Å². The topological polar surface area (TPSA) is 125 Å². The number of benzene rings is 2. The maximum Gasteiger partial charge on any atom is 0.330 e.